The lowest BCUT2D eigenvalue weighted by molar-refractivity contribution is -0.131. The second-order valence-electron chi connectivity index (χ2n) is 4.29. The van der Waals surface area contributed by atoms with Gasteiger partial charge in [0.1, 0.15) is 5.75 Å². The highest BCUT2D eigenvalue weighted by atomic mass is 32.2. The average molecular weight is 353 g/mol. The van der Waals surface area contributed by atoms with Crippen molar-refractivity contribution in [1.82, 2.24) is 10.2 Å². The molecule has 2 aromatic rings. The first kappa shape index (κ1) is 17.4. The van der Waals surface area contributed by atoms with E-state index >= 15 is 0 Å². The smallest absolute Gasteiger partial charge is 0.308 e. The predicted molar refractivity (Wildman–Crippen MR) is 88.2 cm³/mol. The maximum absolute atomic E-state index is 12.1. The van der Waals surface area contributed by atoms with Crippen LogP contribution in [0.5, 0.6) is 5.75 Å². The molecule has 2 rings (SSSR count). The molecule has 0 aliphatic heterocycles. The van der Waals surface area contributed by atoms with Crippen molar-refractivity contribution in [3.8, 4) is 5.75 Å². The fraction of sp³-hybridized carbons (Fsp3) is 0.286. The molecule has 0 saturated carbocycles. The van der Waals surface area contributed by atoms with E-state index in [9.17, 15) is 9.59 Å². The molecule has 1 amide bonds. The first-order chi connectivity index (χ1) is 11.1. The highest BCUT2D eigenvalue weighted by molar-refractivity contribution is 8.01. The Morgan fingerprint density at radius 3 is 2.65 bits per heavy atom. The van der Waals surface area contributed by atoms with Gasteiger partial charge in [0.15, 0.2) is 4.34 Å². The van der Waals surface area contributed by atoms with Crippen molar-refractivity contribution in [1.29, 1.82) is 0 Å². The number of methoxy groups -OCH3 is 1. The van der Waals surface area contributed by atoms with Crippen LogP contribution in [0, 0.1) is 0 Å². The Bertz CT molecular complexity index is 673. The summed E-state index contributed by atoms with van der Waals surface area (Å²) in [6.45, 7) is 1.94. The second-order valence-corrected chi connectivity index (χ2v) is 6.61. The molecule has 0 radical (unpaired) electrons. The lowest BCUT2D eigenvalue weighted by Gasteiger charge is -2.03. The van der Waals surface area contributed by atoms with Crippen LogP contribution in [0.15, 0.2) is 28.6 Å². The minimum atomic E-state index is -0.408. The van der Waals surface area contributed by atoms with Gasteiger partial charge in [-0.15, -0.1) is 10.2 Å². The van der Waals surface area contributed by atoms with Crippen molar-refractivity contribution in [2.45, 2.75) is 11.3 Å². The molecular weight excluding hydrogens is 338 g/mol. The molecule has 0 spiro atoms. The molecule has 0 aliphatic carbocycles. The number of aromatic nitrogens is 2. The lowest BCUT2D eigenvalue weighted by Crippen LogP contribution is -2.11. The zero-order valence-electron chi connectivity index (χ0n) is 12.6. The monoisotopic (exact) mass is 353 g/mol. The van der Waals surface area contributed by atoms with E-state index in [1.54, 1.807) is 31.4 Å². The number of anilines is 1. The minimum Gasteiger partial charge on any atom is -0.427 e. The molecule has 1 aromatic carbocycles. The summed E-state index contributed by atoms with van der Waals surface area (Å²) in [6, 6.07) is 6.26. The fourth-order valence-electron chi connectivity index (χ4n) is 1.54. The quantitative estimate of drug-likeness (QED) is 0.269. The van der Waals surface area contributed by atoms with Crippen molar-refractivity contribution in [2.75, 3.05) is 24.8 Å². The molecule has 0 aliphatic rings. The van der Waals surface area contributed by atoms with Gasteiger partial charge in [-0.25, -0.2) is 0 Å². The SMILES string of the molecule is COCCSc1nnc(NC(=O)c2ccc(OC(C)=O)cc2)s1. The number of carbonyl (C=O) groups is 2. The molecular formula is C14H15N3O4S2. The van der Waals surface area contributed by atoms with Crippen LogP contribution in [0.2, 0.25) is 0 Å². The van der Waals surface area contributed by atoms with Gasteiger partial charge in [-0.1, -0.05) is 23.1 Å². The van der Waals surface area contributed by atoms with Crippen molar-refractivity contribution in [2.24, 2.45) is 0 Å². The number of benzene rings is 1. The summed E-state index contributed by atoms with van der Waals surface area (Å²) in [7, 11) is 1.64. The number of carbonyl (C=O) groups excluding carboxylic acids is 2. The third-order valence-electron chi connectivity index (χ3n) is 2.52. The van der Waals surface area contributed by atoms with E-state index in [1.807, 2.05) is 0 Å². The number of hydrogen-bond donors (Lipinski definition) is 1. The van der Waals surface area contributed by atoms with Crippen molar-refractivity contribution >= 4 is 40.1 Å². The summed E-state index contributed by atoms with van der Waals surface area (Å²) >= 11 is 2.82. The molecule has 9 heteroatoms. The summed E-state index contributed by atoms with van der Waals surface area (Å²) in [5, 5.41) is 11.0. The van der Waals surface area contributed by atoms with Gasteiger partial charge < -0.3 is 9.47 Å². The van der Waals surface area contributed by atoms with Crippen LogP contribution in [0.4, 0.5) is 5.13 Å². The molecule has 0 saturated heterocycles. The van der Waals surface area contributed by atoms with Crippen LogP contribution in [-0.4, -0.2) is 41.5 Å². The molecule has 0 unspecified atom stereocenters. The number of nitrogens with zero attached hydrogens (tertiary/aromatic N) is 2. The molecule has 122 valence electrons. The Labute approximate surface area is 141 Å². The number of esters is 1. The van der Waals surface area contributed by atoms with Crippen LogP contribution in [-0.2, 0) is 9.53 Å². The molecule has 1 heterocycles. The Morgan fingerprint density at radius 2 is 2.00 bits per heavy atom. The number of rotatable bonds is 7. The van der Waals surface area contributed by atoms with Gasteiger partial charge in [0.05, 0.1) is 6.61 Å². The average Bonchev–Trinajstić information content (AvgIpc) is 2.95. The van der Waals surface area contributed by atoms with Gasteiger partial charge in [-0.3, -0.25) is 14.9 Å². The third-order valence-corrected chi connectivity index (χ3v) is 4.45. The van der Waals surface area contributed by atoms with E-state index < -0.39 is 5.97 Å². The van der Waals surface area contributed by atoms with E-state index in [4.69, 9.17) is 9.47 Å². The molecule has 0 fully saturated rings. The van der Waals surface area contributed by atoms with Crippen LogP contribution in [0.1, 0.15) is 17.3 Å². The first-order valence-corrected chi connectivity index (χ1v) is 8.44. The van der Waals surface area contributed by atoms with Crippen LogP contribution >= 0.6 is 23.1 Å². The van der Waals surface area contributed by atoms with Gasteiger partial charge >= 0.3 is 5.97 Å². The van der Waals surface area contributed by atoms with E-state index in [0.29, 0.717) is 23.1 Å². The zero-order valence-corrected chi connectivity index (χ0v) is 14.2. The van der Waals surface area contributed by atoms with Gasteiger partial charge in [-0.05, 0) is 24.3 Å². The van der Waals surface area contributed by atoms with E-state index in [1.165, 1.54) is 30.0 Å². The zero-order chi connectivity index (χ0) is 16.7. The number of thioether (sulfide) groups is 1. The summed E-state index contributed by atoms with van der Waals surface area (Å²) in [6.07, 6.45) is 0. The molecule has 0 bridgehead atoms. The van der Waals surface area contributed by atoms with Gasteiger partial charge in [-0.2, -0.15) is 0 Å². The number of hydrogen-bond acceptors (Lipinski definition) is 8. The molecule has 1 N–H and O–H groups in total. The highest BCUT2D eigenvalue weighted by Crippen LogP contribution is 2.25. The Hall–Kier alpha value is -1.97. The molecule has 7 nitrogen and oxygen atoms in total. The van der Waals surface area contributed by atoms with Crippen LogP contribution in [0.3, 0.4) is 0 Å². The minimum absolute atomic E-state index is 0.302. The van der Waals surface area contributed by atoms with Gasteiger partial charge in [0.25, 0.3) is 5.91 Å². The maximum atomic E-state index is 12.1. The van der Waals surface area contributed by atoms with Crippen molar-refractivity contribution in [3.63, 3.8) is 0 Å². The fourth-order valence-corrected chi connectivity index (χ4v) is 3.26. The standard InChI is InChI=1S/C14H15N3O4S2/c1-9(18)21-11-5-3-10(4-6-11)12(19)15-13-16-17-14(23-13)22-8-7-20-2/h3-6H,7-8H2,1-2H3,(H,15,16,19). The van der Waals surface area contributed by atoms with E-state index in [-0.39, 0.29) is 5.91 Å². The van der Waals surface area contributed by atoms with Crippen molar-refractivity contribution in [3.05, 3.63) is 29.8 Å². The first-order valence-electron chi connectivity index (χ1n) is 6.63. The van der Waals surface area contributed by atoms with Gasteiger partial charge in [0, 0.05) is 25.3 Å². The number of nitrogens with one attached hydrogen (secondary N) is 1. The summed E-state index contributed by atoms with van der Waals surface area (Å²) in [5.74, 6) is 0.455. The van der Waals surface area contributed by atoms with Gasteiger partial charge in [0.2, 0.25) is 5.13 Å². The number of amides is 1. The molecule has 0 atom stereocenters. The van der Waals surface area contributed by atoms with Crippen LogP contribution in [0.25, 0.3) is 0 Å². The third kappa shape index (κ3) is 5.62. The molecule has 1 aromatic heterocycles. The topological polar surface area (TPSA) is 90.4 Å². The second kappa shape index (κ2) is 8.61. The summed E-state index contributed by atoms with van der Waals surface area (Å²) in [5.41, 5.74) is 0.435. The van der Waals surface area contributed by atoms with Crippen LogP contribution < -0.4 is 10.1 Å². The largest absolute Gasteiger partial charge is 0.427 e. The lowest BCUT2D eigenvalue weighted by atomic mass is 10.2. The normalized spacial score (nSPS) is 10.3. The van der Waals surface area contributed by atoms with E-state index in [0.717, 1.165) is 10.1 Å². The summed E-state index contributed by atoms with van der Waals surface area (Å²) in [4.78, 5) is 23.0. The predicted octanol–water partition coefficient (Wildman–Crippen LogP) is 2.45. The Kier molecular flexibility index (Phi) is 6.51. The molecule has 23 heavy (non-hydrogen) atoms. The number of ether oxygens (including phenoxy) is 2. The maximum Gasteiger partial charge on any atom is 0.308 e. The van der Waals surface area contributed by atoms with E-state index in [2.05, 4.69) is 15.5 Å². The summed E-state index contributed by atoms with van der Waals surface area (Å²) < 4.78 is 10.6. The Balaban J connectivity index is 1.92. The Morgan fingerprint density at radius 1 is 1.26 bits per heavy atom. The highest BCUT2D eigenvalue weighted by Gasteiger charge is 2.11. The van der Waals surface area contributed by atoms with Crippen molar-refractivity contribution < 1.29 is 19.1 Å².